The minimum atomic E-state index is -4.68. The summed E-state index contributed by atoms with van der Waals surface area (Å²) in [6, 6.07) is 6.52. The van der Waals surface area contributed by atoms with Gasteiger partial charge in [-0.1, -0.05) is 12.1 Å². The van der Waals surface area contributed by atoms with E-state index < -0.39 is 17.8 Å². The van der Waals surface area contributed by atoms with Gasteiger partial charge in [-0.05, 0) is 17.7 Å². The van der Waals surface area contributed by atoms with Crippen LogP contribution in [0, 0.1) is 0 Å². The smallest absolute Gasteiger partial charge is 0.435 e. The lowest BCUT2D eigenvalue weighted by molar-refractivity contribution is -0.141. The number of carboxylic acid groups (broad SMARTS) is 1. The van der Waals surface area contributed by atoms with Gasteiger partial charge >= 0.3 is 12.1 Å². The summed E-state index contributed by atoms with van der Waals surface area (Å²) in [5, 5.41) is 12.4. The number of benzene rings is 1. The highest BCUT2D eigenvalue weighted by atomic mass is 19.4. The fourth-order valence-corrected chi connectivity index (χ4v) is 3.63. The zero-order valence-electron chi connectivity index (χ0n) is 16.4. The van der Waals surface area contributed by atoms with Crippen LogP contribution in [0.25, 0.3) is 11.1 Å². The van der Waals surface area contributed by atoms with E-state index in [0.717, 1.165) is 10.4 Å². The number of hydrogen-bond donors (Lipinski definition) is 1. The summed E-state index contributed by atoms with van der Waals surface area (Å²) in [7, 11) is 0. The number of rotatable bonds is 5. The SMILES string of the molecule is O=C(O)CCn1cc(-c2ccc(N3CCOc4ncnc5c4C3=N5)cc2)c(C(F)(F)F)n1. The zero-order valence-corrected chi connectivity index (χ0v) is 16.4. The lowest BCUT2D eigenvalue weighted by Gasteiger charge is -2.28. The Hall–Kier alpha value is -3.96. The summed E-state index contributed by atoms with van der Waals surface area (Å²) in [4.78, 5) is 25.3. The highest BCUT2D eigenvalue weighted by Gasteiger charge is 2.38. The summed E-state index contributed by atoms with van der Waals surface area (Å²) in [6.07, 6.45) is -2.40. The van der Waals surface area contributed by atoms with Crippen LogP contribution in [0.5, 0.6) is 5.88 Å². The maximum atomic E-state index is 13.5. The summed E-state index contributed by atoms with van der Waals surface area (Å²) in [5.41, 5.74) is 0.584. The Morgan fingerprint density at radius 1 is 1.19 bits per heavy atom. The maximum Gasteiger partial charge on any atom is 0.435 e. The molecule has 164 valence electrons. The van der Waals surface area contributed by atoms with Crippen molar-refractivity contribution in [3.05, 3.63) is 48.0 Å². The van der Waals surface area contributed by atoms with Gasteiger partial charge in [0.05, 0.1) is 19.5 Å². The van der Waals surface area contributed by atoms with Crippen molar-refractivity contribution in [1.82, 2.24) is 19.7 Å². The van der Waals surface area contributed by atoms with E-state index >= 15 is 0 Å². The van der Waals surface area contributed by atoms with Gasteiger partial charge in [0.1, 0.15) is 18.5 Å². The molecule has 0 bridgehead atoms. The number of aromatic nitrogens is 4. The number of aryl methyl sites for hydroxylation is 1. The predicted octanol–water partition coefficient (Wildman–Crippen LogP) is 3.12. The number of ether oxygens (including phenoxy) is 1. The normalized spacial score (nSPS) is 14.7. The molecule has 3 aromatic rings. The van der Waals surface area contributed by atoms with Crippen LogP contribution in [0.1, 0.15) is 17.7 Å². The molecule has 0 radical (unpaired) electrons. The number of aliphatic imine (C=N–C) groups is 1. The van der Waals surface area contributed by atoms with E-state index in [9.17, 15) is 18.0 Å². The molecule has 9 nitrogen and oxygen atoms in total. The topological polar surface area (TPSA) is 106 Å². The standard InChI is InChI=1S/C20H15F3N6O3/c21-20(22,23)16-13(9-28(27-16)6-5-14(30)31)11-1-3-12(4-2-11)29-7-8-32-19-15-17(24-10-25-19)26-18(15)29/h1-4,9-10H,5-8H2,(H,30,31). The Morgan fingerprint density at radius 3 is 2.69 bits per heavy atom. The Morgan fingerprint density at radius 2 is 1.97 bits per heavy atom. The van der Waals surface area contributed by atoms with E-state index in [2.05, 4.69) is 20.1 Å². The molecule has 12 heteroatoms. The molecule has 0 amide bonds. The minimum Gasteiger partial charge on any atom is -0.481 e. The highest BCUT2D eigenvalue weighted by Crippen LogP contribution is 2.39. The van der Waals surface area contributed by atoms with Crippen LogP contribution < -0.4 is 9.64 Å². The average molecular weight is 444 g/mol. The van der Waals surface area contributed by atoms with Crippen molar-refractivity contribution in [2.24, 2.45) is 4.99 Å². The fraction of sp³-hybridized carbons (Fsp3) is 0.250. The lowest BCUT2D eigenvalue weighted by Crippen LogP contribution is -2.35. The van der Waals surface area contributed by atoms with Crippen molar-refractivity contribution in [3.63, 3.8) is 0 Å². The van der Waals surface area contributed by atoms with Gasteiger partial charge in [0.25, 0.3) is 0 Å². The third-order valence-corrected chi connectivity index (χ3v) is 5.11. The minimum absolute atomic E-state index is 0.115. The van der Waals surface area contributed by atoms with Gasteiger partial charge in [0, 0.05) is 17.4 Å². The Bertz CT molecular complexity index is 1240. The second-order valence-electron chi connectivity index (χ2n) is 7.16. The van der Waals surface area contributed by atoms with Crippen molar-refractivity contribution in [1.29, 1.82) is 0 Å². The monoisotopic (exact) mass is 444 g/mol. The quantitative estimate of drug-likeness (QED) is 0.645. The van der Waals surface area contributed by atoms with E-state index in [1.165, 1.54) is 12.5 Å². The first-order valence-electron chi connectivity index (χ1n) is 9.62. The largest absolute Gasteiger partial charge is 0.481 e. The molecule has 0 unspecified atom stereocenters. The van der Waals surface area contributed by atoms with E-state index in [1.54, 1.807) is 24.3 Å². The van der Waals surface area contributed by atoms with Crippen molar-refractivity contribution in [3.8, 4) is 17.0 Å². The number of alkyl halides is 3. The van der Waals surface area contributed by atoms with Crippen LogP contribution in [0.15, 0.2) is 41.8 Å². The molecule has 0 aliphatic carbocycles. The van der Waals surface area contributed by atoms with E-state index in [1.807, 2.05) is 4.90 Å². The lowest BCUT2D eigenvalue weighted by atomic mass is 10.0. The summed E-state index contributed by atoms with van der Waals surface area (Å²) < 4.78 is 47.2. The Labute approximate surface area is 178 Å². The summed E-state index contributed by atoms with van der Waals surface area (Å²) in [5.74, 6) is 0.536. The van der Waals surface area contributed by atoms with Crippen LogP contribution in [0.2, 0.25) is 0 Å². The number of carboxylic acids is 1. The van der Waals surface area contributed by atoms with Gasteiger partial charge < -0.3 is 14.7 Å². The molecular formula is C20H15F3N6O3. The molecule has 32 heavy (non-hydrogen) atoms. The molecule has 4 heterocycles. The first-order valence-corrected chi connectivity index (χ1v) is 9.62. The number of halogens is 3. The van der Waals surface area contributed by atoms with Crippen LogP contribution in [-0.4, -0.2) is 49.8 Å². The summed E-state index contributed by atoms with van der Waals surface area (Å²) >= 11 is 0. The van der Waals surface area contributed by atoms with Crippen LogP contribution in [0.4, 0.5) is 24.7 Å². The Balaban J connectivity index is 1.45. The molecule has 2 aromatic heterocycles. The van der Waals surface area contributed by atoms with Crippen molar-refractivity contribution in [2.45, 2.75) is 19.1 Å². The molecule has 2 aliphatic heterocycles. The van der Waals surface area contributed by atoms with Crippen molar-refractivity contribution < 1.29 is 27.8 Å². The average Bonchev–Trinajstić information content (AvgIpc) is 3.09. The molecule has 0 spiro atoms. The van der Waals surface area contributed by atoms with Gasteiger partial charge in [0.15, 0.2) is 17.3 Å². The third-order valence-electron chi connectivity index (χ3n) is 5.11. The molecular weight excluding hydrogens is 429 g/mol. The second kappa shape index (κ2) is 7.32. The molecule has 0 fully saturated rings. The molecule has 1 N–H and O–H groups in total. The number of hydrogen-bond acceptors (Lipinski definition) is 7. The van der Waals surface area contributed by atoms with Gasteiger partial charge in [-0.25, -0.2) is 15.0 Å². The molecule has 5 rings (SSSR count). The number of nitrogens with zero attached hydrogens (tertiary/aromatic N) is 6. The number of aliphatic carboxylic acids is 1. The molecule has 0 saturated heterocycles. The molecule has 0 saturated carbocycles. The van der Waals surface area contributed by atoms with E-state index in [0.29, 0.717) is 41.8 Å². The molecule has 0 atom stereocenters. The maximum absolute atomic E-state index is 13.5. The van der Waals surface area contributed by atoms with Gasteiger partial charge in [0.2, 0.25) is 5.88 Å². The van der Waals surface area contributed by atoms with E-state index in [-0.39, 0.29) is 18.5 Å². The number of anilines is 1. The highest BCUT2D eigenvalue weighted by molar-refractivity contribution is 6.20. The van der Waals surface area contributed by atoms with Gasteiger partial charge in [-0.15, -0.1) is 0 Å². The van der Waals surface area contributed by atoms with Crippen LogP contribution in [0.3, 0.4) is 0 Å². The van der Waals surface area contributed by atoms with E-state index in [4.69, 9.17) is 9.84 Å². The number of amidine groups is 1. The third kappa shape index (κ3) is 3.43. The molecule has 1 aromatic carbocycles. The van der Waals surface area contributed by atoms with Crippen molar-refractivity contribution >= 4 is 23.3 Å². The van der Waals surface area contributed by atoms with Crippen molar-refractivity contribution in [2.75, 3.05) is 18.1 Å². The summed E-state index contributed by atoms with van der Waals surface area (Å²) in [6.45, 7) is 0.682. The van der Waals surface area contributed by atoms with Gasteiger partial charge in [-0.2, -0.15) is 18.3 Å². The first-order chi connectivity index (χ1) is 15.3. The fourth-order valence-electron chi connectivity index (χ4n) is 3.63. The first kappa shape index (κ1) is 20.0. The second-order valence-corrected chi connectivity index (χ2v) is 7.16. The number of carbonyl (C=O) groups is 1. The van der Waals surface area contributed by atoms with Crippen LogP contribution >= 0.6 is 0 Å². The van der Waals surface area contributed by atoms with Crippen LogP contribution in [-0.2, 0) is 17.5 Å². The predicted molar refractivity (Wildman–Crippen MR) is 106 cm³/mol. The zero-order chi connectivity index (χ0) is 22.5. The van der Waals surface area contributed by atoms with Gasteiger partial charge in [-0.3, -0.25) is 9.48 Å². The molecule has 2 aliphatic rings. The Kier molecular flexibility index (Phi) is 4.57.